The molecule has 16 heavy (non-hydrogen) atoms. The highest BCUT2D eigenvalue weighted by Crippen LogP contribution is 2.08. The Hall–Kier alpha value is -1.18. The van der Waals surface area contributed by atoms with Crippen molar-refractivity contribution in [1.29, 1.82) is 0 Å². The highest BCUT2D eigenvalue weighted by atomic mass is 16.1. The summed E-state index contributed by atoms with van der Waals surface area (Å²) in [6, 6.07) is 0. The molecule has 0 atom stereocenters. The summed E-state index contributed by atoms with van der Waals surface area (Å²) in [5, 5.41) is 0. The first-order valence-electron chi connectivity index (χ1n) is 5.80. The molecule has 0 spiro atoms. The van der Waals surface area contributed by atoms with Crippen LogP contribution in [0.15, 0.2) is 23.3 Å². The van der Waals surface area contributed by atoms with Gasteiger partial charge in [0.1, 0.15) is 0 Å². The molecule has 0 aliphatic heterocycles. The molecule has 0 unspecified atom stereocenters. The van der Waals surface area contributed by atoms with Crippen LogP contribution in [-0.4, -0.2) is 12.6 Å². The predicted molar refractivity (Wildman–Crippen MR) is 66.6 cm³/mol. The van der Waals surface area contributed by atoms with Crippen molar-refractivity contribution >= 4 is 12.6 Å². The Bertz CT molecular complexity index is 234. The molecule has 0 saturated heterocycles. The molecular weight excluding hydrogens is 200 g/mol. The van der Waals surface area contributed by atoms with Gasteiger partial charge in [0.15, 0.2) is 0 Å². The van der Waals surface area contributed by atoms with Crippen molar-refractivity contribution in [3.63, 3.8) is 0 Å². The van der Waals surface area contributed by atoms with Gasteiger partial charge in [-0.2, -0.15) is 0 Å². The second-order valence-electron chi connectivity index (χ2n) is 3.97. The van der Waals surface area contributed by atoms with Crippen molar-refractivity contribution in [3.8, 4) is 0 Å². The van der Waals surface area contributed by atoms with E-state index in [-0.39, 0.29) is 0 Å². The summed E-state index contributed by atoms with van der Waals surface area (Å²) in [4.78, 5) is 20.3. The summed E-state index contributed by atoms with van der Waals surface area (Å²) < 4.78 is 0. The van der Waals surface area contributed by atoms with Crippen LogP contribution in [0.3, 0.4) is 0 Å². The Kier molecular flexibility index (Phi) is 9.58. The van der Waals surface area contributed by atoms with E-state index >= 15 is 0 Å². The largest absolute Gasteiger partial charge is 0.285 e. The first kappa shape index (κ1) is 14.8. The predicted octanol–water partition coefficient (Wildman–Crippen LogP) is 3.44. The van der Waals surface area contributed by atoms with E-state index in [1.165, 1.54) is 12.8 Å². The lowest BCUT2D eigenvalue weighted by molar-refractivity contribution is 0.560. The van der Waals surface area contributed by atoms with Crippen molar-refractivity contribution in [2.45, 2.75) is 52.4 Å². The molecule has 2 radical (unpaired) electrons. The Labute approximate surface area is 98.4 Å². The lowest BCUT2D eigenvalue weighted by Gasteiger charge is -1.97. The van der Waals surface area contributed by atoms with Crippen LogP contribution in [0.1, 0.15) is 52.4 Å². The van der Waals surface area contributed by atoms with Gasteiger partial charge in [0.25, 0.3) is 0 Å². The van der Waals surface area contributed by atoms with Crippen LogP contribution >= 0.6 is 0 Å². The van der Waals surface area contributed by atoms with Crippen molar-refractivity contribution in [1.82, 2.24) is 0 Å². The normalized spacial score (nSPS) is 12.6. The number of hydrogen-bond donors (Lipinski definition) is 0. The maximum Gasteiger partial charge on any atom is 0.228 e. The molecule has 0 aliphatic rings. The van der Waals surface area contributed by atoms with Gasteiger partial charge < -0.3 is 0 Å². The molecule has 2 heteroatoms. The third-order valence-corrected chi connectivity index (χ3v) is 2.38. The Morgan fingerprint density at radius 3 is 1.50 bits per heavy atom. The highest BCUT2D eigenvalue weighted by molar-refractivity contribution is 5.73. The molecule has 0 aromatic carbocycles. The fourth-order valence-electron chi connectivity index (χ4n) is 1.36. The molecule has 0 rings (SSSR count). The van der Waals surface area contributed by atoms with Crippen LogP contribution in [0.4, 0.5) is 0 Å². The average molecular weight is 220 g/mol. The molecule has 88 valence electrons. The highest BCUT2D eigenvalue weighted by Gasteiger charge is 1.91. The smallest absolute Gasteiger partial charge is 0.228 e. The Morgan fingerprint density at radius 2 is 1.19 bits per heavy atom. The topological polar surface area (TPSA) is 34.1 Å². The third-order valence-electron chi connectivity index (χ3n) is 2.38. The van der Waals surface area contributed by atoms with Gasteiger partial charge in [-0.1, -0.05) is 25.0 Å². The average Bonchev–Trinajstić information content (AvgIpc) is 2.31. The minimum atomic E-state index is 0.695. The van der Waals surface area contributed by atoms with E-state index in [0.29, 0.717) is 11.1 Å². The molecule has 0 aromatic heterocycles. The molecular formula is C14H20O2. The van der Waals surface area contributed by atoms with Crippen LogP contribution in [0.25, 0.3) is 0 Å². The van der Waals surface area contributed by atoms with Gasteiger partial charge in [-0.25, -0.2) is 0 Å². The Morgan fingerprint density at radius 1 is 0.812 bits per heavy atom. The molecule has 0 amide bonds. The fraction of sp³-hybridized carbons (Fsp3) is 0.571. The summed E-state index contributed by atoms with van der Waals surface area (Å²) in [6.45, 7) is 3.55. The van der Waals surface area contributed by atoms with Crippen LogP contribution in [0.5, 0.6) is 0 Å². The van der Waals surface area contributed by atoms with E-state index in [1.54, 1.807) is 13.8 Å². The van der Waals surface area contributed by atoms with Crippen LogP contribution < -0.4 is 0 Å². The zero-order valence-corrected chi connectivity index (χ0v) is 10.2. The quantitative estimate of drug-likeness (QED) is 0.440. The first-order valence-corrected chi connectivity index (χ1v) is 5.80. The number of carbonyl (C=O) groups excluding carboxylic acids is 2. The van der Waals surface area contributed by atoms with Crippen LogP contribution in [0, 0.1) is 0 Å². The van der Waals surface area contributed by atoms with E-state index in [2.05, 4.69) is 0 Å². The SMILES string of the molecule is CC([C]=O)=CCCCCCCC=C(C)[C]=O. The second-order valence-corrected chi connectivity index (χ2v) is 3.97. The summed E-state index contributed by atoms with van der Waals surface area (Å²) in [7, 11) is 0. The summed E-state index contributed by atoms with van der Waals surface area (Å²) >= 11 is 0. The molecule has 0 aliphatic carbocycles. The van der Waals surface area contributed by atoms with Gasteiger partial charge in [0, 0.05) is 0 Å². The molecule has 0 bridgehead atoms. The van der Waals surface area contributed by atoms with E-state index < -0.39 is 0 Å². The third kappa shape index (κ3) is 9.38. The molecule has 0 saturated carbocycles. The lowest BCUT2D eigenvalue weighted by atomic mass is 10.1. The standard InChI is InChI=1S/C14H20O2/c1-13(11-15)9-7-5-3-4-6-8-10-14(2)12-16/h9-10H,3-8H2,1-2H3. The summed E-state index contributed by atoms with van der Waals surface area (Å²) in [6.07, 6.45) is 14.1. The van der Waals surface area contributed by atoms with Crippen molar-refractivity contribution in [2.24, 2.45) is 0 Å². The minimum absolute atomic E-state index is 0.695. The summed E-state index contributed by atoms with van der Waals surface area (Å²) in [5.74, 6) is 0. The van der Waals surface area contributed by atoms with E-state index in [9.17, 15) is 9.59 Å². The fourth-order valence-corrected chi connectivity index (χ4v) is 1.36. The maximum atomic E-state index is 10.2. The van der Waals surface area contributed by atoms with Gasteiger partial charge >= 0.3 is 0 Å². The lowest BCUT2D eigenvalue weighted by Crippen LogP contribution is -1.81. The number of rotatable bonds is 9. The number of hydrogen-bond acceptors (Lipinski definition) is 2. The number of unbranched alkanes of at least 4 members (excludes halogenated alkanes) is 5. The second kappa shape index (κ2) is 10.3. The van der Waals surface area contributed by atoms with Crippen molar-refractivity contribution < 1.29 is 9.59 Å². The van der Waals surface area contributed by atoms with Gasteiger partial charge in [0.05, 0.1) is 0 Å². The van der Waals surface area contributed by atoms with Gasteiger partial charge in [-0.05, 0) is 50.7 Å². The maximum absolute atomic E-state index is 10.2. The monoisotopic (exact) mass is 220 g/mol. The zero-order valence-electron chi connectivity index (χ0n) is 10.2. The Balaban J connectivity index is 3.35. The van der Waals surface area contributed by atoms with Crippen molar-refractivity contribution in [3.05, 3.63) is 23.3 Å². The van der Waals surface area contributed by atoms with Gasteiger partial charge in [-0.15, -0.1) is 0 Å². The molecule has 0 N–H and O–H groups in total. The molecule has 0 heterocycles. The van der Waals surface area contributed by atoms with E-state index in [1.807, 2.05) is 24.7 Å². The van der Waals surface area contributed by atoms with Crippen molar-refractivity contribution in [2.75, 3.05) is 0 Å². The molecule has 0 fully saturated rings. The van der Waals surface area contributed by atoms with Crippen LogP contribution in [-0.2, 0) is 9.59 Å². The number of allylic oxidation sites excluding steroid dienone is 4. The van der Waals surface area contributed by atoms with E-state index in [0.717, 1.165) is 25.7 Å². The molecule has 2 nitrogen and oxygen atoms in total. The molecule has 0 aromatic rings. The van der Waals surface area contributed by atoms with Gasteiger partial charge in [-0.3, -0.25) is 9.59 Å². The minimum Gasteiger partial charge on any atom is -0.285 e. The van der Waals surface area contributed by atoms with Gasteiger partial charge in [0.2, 0.25) is 12.6 Å². The first-order chi connectivity index (χ1) is 7.70. The summed E-state index contributed by atoms with van der Waals surface area (Å²) in [5.41, 5.74) is 1.39. The van der Waals surface area contributed by atoms with E-state index in [4.69, 9.17) is 0 Å². The zero-order chi connectivity index (χ0) is 12.2. The van der Waals surface area contributed by atoms with Crippen LogP contribution in [0.2, 0.25) is 0 Å².